The predicted octanol–water partition coefficient (Wildman–Crippen LogP) is 6.29. The van der Waals surface area contributed by atoms with E-state index >= 15 is 0 Å². The van der Waals surface area contributed by atoms with Crippen LogP contribution in [-0.4, -0.2) is 65.4 Å². The number of hydrogen-bond donors (Lipinski definition) is 0. The number of ether oxygens (including phenoxy) is 5. The second kappa shape index (κ2) is 13.1. The zero-order valence-corrected chi connectivity index (χ0v) is 26.7. The summed E-state index contributed by atoms with van der Waals surface area (Å²) in [5.74, 6) is -2.52. The quantitative estimate of drug-likeness (QED) is 0.0842. The van der Waals surface area contributed by atoms with E-state index in [-0.39, 0.29) is 19.6 Å². The maximum absolute atomic E-state index is 13.8. The summed E-state index contributed by atoms with van der Waals surface area (Å²) in [6.07, 6.45) is 2.30. The van der Waals surface area contributed by atoms with Gasteiger partial charge in [-0.05, 0) is 62.2 Å². The Bertz CT molecular complexity index is 848. The first-order valence-corrected chi connectivity index (χ1v) is 17.2. The summed E-state index contributed by atoms with van der Waals surface area (Å²) in [6, 6.07) is 0. The van der Waals surface area contributed by atoms with E-state index in [9.17, 15) is 9.59 Å². The second-order valence-corrected chi connectivity index (χ2v) is 17.4. The van der Waals surface area contributed by atoms with Crippen LogP contribution in [0.2, 0.25) is 16.6 Å². The van der Waals surface area contributed by atoms with Crippen molar-refractivity contribution in [3.8, 4) is 0 Å². The van der Waals surface area contributed by atoms with E-state index in [1.54, 1.807) is 13.8 Å². The molecule has 0 aromatic carbocycles. The fourth-order valence-electron chi connectivity index (χ4n) is 7.74. The predicted molar refractivity (Wildman–Crippen MR) is 151 cm³/mol. The van der Waals surface area contributed by atoms with Crippen LogP contribution < -0.4 is 0 Å². The SMILES string of the molecule is CCOC(=O)C1(C(=O)OCC)CC(CC2OCCO2)=C2C1CCCC2(OCC)O[Si](C(C)C)(C(C)C)C(C)C. The lowest BCUT2D eigenvalue weighted by molar-refractivity contribution is -0.191. The highest BCUT2D eigenvalue weighted by Gasteiger charge is 2.66. The summed E-state index contributed by atoms with van der Waals surface area (Å²) in [7, 11) is -2.44. The van der Waals surface area contributed by atoms with Crippen molar-refractivity contribution in [2.45, 2.75) is 123 Å². The lowest BCUT2D eigenvalue weighted by atomic mass is 9.68. The van der Waals surface area contributed by atoms with Crippen LogP contribution in [0, 0.1) is 11.3 Å². The summed E-state index contributed by atoms with van der Waals surface area (Å²) >= 11 is 0. The van der Waals surface area contributed by atoms with Gasteiger partial charge in [0.25, 0.3) is 0 Å². The van der Waals surface area contributed by atoms with Crippen molar-refractivity contribution in [1.29, 1.82) is 0 Å². The van der Waals surface area contributed by atoms with Crippen molar-refractivity contribution < 1.29 is 37.7 Å². The molecule has 0 radical (unpaired) electrons. The van der Waals surface area contributed by atoms with Gasteiger partial charge < -0.3 is 28.1 Å². The van der Waals surface area contributed by atoms with E-state index in [4.69, 9.17) is 28.1 Å². The topological polar surface area (TPSA) is 89.5 Å². The molecule has 39 heavy (non-hydrogen) atoms. The van der Waals surface area contributed by atoms with Gasteiger partial charge in [0.2, 0.25) is 8.32 Å². The molecule has 2 fully saturated rings. The van der Waals surface area contributed by atoms with E-state index in [0.29, 0.717) is 55.7 Å². The highest BCUT2D eigenvalue weighted by Crippen LogP contribution is 2.61. The molecule has 3 aliphatic rings. The Morgan fingerprint density at radius 2 is 1.44 bits per heavy atom. The summed E-state index contributed by atoms with van der Waals surface area (Å²) < 4.78 is 37.2. The zero-order chi connectivity index (χ0) is 29.0. The fraction of sp³-hybridized carbons (Fsp3) is 0.867. The van der Waals surface area contributed by atoms with Crippen molar-refractivity contribution in [2.24, 2.45) is 11.3 Å². The molecule has 224 valence electrons. The minimum absolute atomic E-state index is 0.184. The standard InChI is InChI=1S/C30H52O8Si/c1-10-33-27(31)29(28(32)34-11-2)19-23(18-25-35-16-17-36-25)26-24(29)14-13-15-30(26,37-12-3)38-39(20(4)5,21(6)7)22(8)9/h20-22,24-25H,10-19H2,1-9H3. The molecule has 0 amide bonds. The summed E-state index contributed by atoms with van der Waals surface area (Å²) in [4.78, 5) is 27.6. The van der Waals surface area contributed by atoms with Crippen molar-refractivity contribution in [3.63, 3.8) is 0 Å². The molecule has 0 aromatic heterocycles. The Balaban J connectivity index is 2.26. The van der Waals surface area contributed by atoms with Gasteiger partial charge in [-0.1, -0.05) is 47.1 Å². The molecule has 1 saturated carbocycles. The van der Waals surface area contributed by atoms with Gasteiger partial charge in [0.1, 0.15) is 0 Å². The van der Waals surface area contributed by atoms with Crippen LogP contribution in [0.4, 0.5) is 0 Å². The third-order valence-corrected chi connectivity index (χ3v) is 15.1. The van der Waals surface area contributed by atoms with E-state index in [2.05, 4.69) is 41.5 Å². The molecule has 0 spiro atoms. The molecule has 8 nitrogen and oxygen atoms in total. The summed E-state index contributed by atoms with van der Waals surface area (Å²) in [5, 5.41) is 0. The average Bonchev–Trinajstić information content (AvgIpc) is 3.50. The minimum Gasteiger partial charge on any atom is -0.465 e. The number of esters is 2. The van der Waals surface area contributed by atoms with E-state index in [1.807, 2.05) is 6.92 Å². The van der Waals surface area contributed by atoms with Gasteiger partial charge in [0.05, 0.1) is 26.4 Å². The highest BCUT2D eigenvalue weighted by molar-refractivity contribution is 6.77. The van der Waals surface area contributed by atoms with Gasteiger partial charge in [-0.25, -0.2) is 0 Å². The summed E-state index contributed by atoms with van der Waals surface area (Å²) in [6.45, 7) is 21.0. The maximum atomic E-state index is 13.8. The Hall–Kier alpha value is -1.26. The average molecular weight is 569 g/mol. The Kier molecular flexibility index (Phi) is 10.9. The van der Waals surface area contributed by atoms with Crippen LogP contribution in [0.5, 0.6) is 0 Å². The number of rotatable bonds is 13. The van der Waals surface area contributed by atoms with Crippen LogP contribution in [-0.2, 0) is 37.7 Å². The lowest BCUT2D eigenvalue weighted by Gasteiger charge is -2.53. The molecule has 1 aliphatic heterocycles. The lowest BCUT2D eigenvalue weighted by Crippen LogP contribution is -2.59. The van der Waals surface area contributed by atoms with Gasteiger partial charge in [-0.3, -0.25) is 9.59 Å². The number of fused-ring (bicyclic) bond motifs is 1. The molecule has 1 saturated heterocycles. The van der Waals surface area contributed by atoms with Crippen molar-refractivity contribution in [1.82, 2.24) is 0 Å². The fourth-order valence-corrected chi connectivity index (χ4v) is 13.3. The van der Waals surface area contributed by atoms with Crippen LogP contribution in [0.1, 0.15) is 94.4 Å². The molecule has 2 atom stereocenters. The van der Waals surface area contributed by atoms with Gasteiger partial charge in [-0.2, -0.15) is 0 Å². The summed E-state index contributed by atoms with van der Waals surface area (Å²) in [5.41, 5.74) is 1.40. The molecule has 1 heterocycles. The molecule has 0 bridgehead atoms. The maximum Gasteiger partial charge on any atom is 0.324 e. The Morgan fingerprint density at radius 1 is 0.897 bits per heavy atom. The Labute approximate surface area is 236 Å². The van der Waals surface area contributed by atoms with Gasteiger partial charge in [-0.15, -0.1) is 0 Å². The monoisotopic (exact) mass is 568 g/mol. The van der Waals surface area contributed by atoms with Crippen LogP contribution in [0.15, 0.2) is 11.1 Å². The Morgan fingerprint density at radius 3 is 1.90 bits per heavy atom. The normalized spacial score (nSPS) is 25.6. The smallest absolute Gasteiger partial charge is 0.324 e. The van der Waals surface area contributed by atoms with E-state index in [0.717, 1.165) is 17.6 Å². The first-order valence-electron chi connectivity index (χ1n) is 15.1. The molecular formula is C30H52O8Si. The molecular weight excluding hydrogens is 516 g/mol. The zero-order valence-electron chi connectivity index (χ0n) is 25.7. The molecule has 0 aromatic rings. The molecule has 3 rings (SSSR count). The number of carbonyl (C=O) groups is 2. The first-order chi connectivity index (χ1) is 18.5. The van der Waals surface area contributed by atoms with Crippen LogP contribution >= 0.6 is 0 Å². The third kappa shape index (κ3) is 5.76. The minimum atomic E-state index is -2.44. The van der Waals surface area contributed by atoms with E-state index in [1.165, 1.54) is 0 Å². The largest absolute Gasteiger partial charge is 0.465 e. The number of carbonyl (C=O) groups excluding carboxylic acids is 2. The van der Waals surface area contributed by atoms with Gasteiger partial charge in [0, 0.05) is 25.4 Å². The first kappa shape index (κ1) is 32.3. The van der Waals surface area contributed by atoms with Crippen molar-refractivity contribution in [3.05, 3.63) is 11.1 Å². The van der Waals surface area contributed by atoms with Crippen LogP contribution in [0.25, 0.3) is 0 Å². The van der Waals surface area contributed by atoms with Gasteiger partial charge >= 0.3 is 11.9 Å². The number of hydrogen-bond acceptors (Lipinski definition) is 8. The van der Waals surface area contributed by atoms with Gasteiger partial charge in [0.15, 0.2) is 17.5 Å². The molecule has 0 N–H and O–H groups in total. The van der Waals surface area contributed by atoms with E-state index < -0.39 is 43.7 Å². The van der Waals surface area contributed by atoms with Crippen molar-refractivity contribution in [2.75, 3.05) is 33.0 Å². The van der Waals surface area contributed by atoms with Crippen molar-refractivity contribution >= 4 is 20.3 Å². The molecule has 9 heteroatoms. The highest BCUT2D eigenvalue weighted by atomic mass is 28.4. The van der Waals surface area contributed by atoms with Crippen LogP contribution in [0.3, 0.4) is 0 Å². The third-order valence-electron chi connectivity index (χ3n) is 9.04. The second-order valence-electron chi connectivity index (χ2n) is 12.0. The molecule has 2 aliphatic carbocycles. The molecule has 2 unspecified atom stereocenters.